The topological polar surface area (TPSA) is 22.0 Å². The van der Waals surface area contributed by atoms with Crippen molar-refractivity contribution in [2.24, 2.45) is 0 Å². The number of benzene rings is 1. The van der Waals surface area contributed by atoms with Gasteiger partial charge in [0.1, 0.15) is 0 Å². The molecule has 2 aromatic rings. The molecule has 0 unspecified atom stereocenters. The molecule has 0 amide bonds. The molecule has 1 heterocycles. The number of aromatic nitrogens is 1. The van der Waals surface area contributed by atoms with Gasteiger partial charge in [0.25, 0.3) is 5.91 Å². The summed E-state index contributed by atoms with van der Waals surface area (Å²) in [5.74, 6) is -0.0915. The summed E-state index contributed by atoms with van der Waals surface area (Å²) >= 11 is 0. The van der Waals surface area contributed by atoms with Gasteiger partial charge in [-0.1, -0.05) is 36.9 Å². The van der Waals surface area contributed by atoms with Crippen LogP contribution in [0.15, 0.2) is 61.4 Å². The van der Waals surface area contributed by atoms with Crippen LogP contribution in [0, 0.1) is 0 Å². The second kappa shape index (κ2) is 3.96. The molecule has 1 aromatic carbocycles. The van der Waals surface area contributed by atoms with Crippen LogP contribution in [0.4, 0.5) is 0 Å². The van der Waals surface area contributed by atoms with Crippen LogP contribution in [0.5, 0.6) is 0 Å². The molecule has 2 rings (SSSR count). The Labute approximate surface area is 88.5 Å². The third kappa shape index (κ3) is 1.89. The zero-order valence-electron chi connectivity index (χ0n) is 8.26. The van der Waals surface area contributed by atoms with E-state index in [1.165, 1.54) is 4.57 Å². The highest BCUT2D eigenvalue weighted by Crippen LogP contribution is 2.13. The summed E-state index contributed by atoms with van der Waals surface area (Å²) in [4.78, 5) is 11.9. The summed E-state index contributed by atoms with van der Waals surface area (Å²) < 4.78 is 1.52. The van der Waals surface area contributed by atoms with E-state index >= 15 is 0 Å². The van der Waals surface area contributed by atoms with Gasteiger partial charge in [-0.05, 0) is 17.7 Å². The largest absolute Gasteiger partial charge is 0.291 e. The standard InChI is InChI=1S/C13H11NO/c1-11(12-7-3-2-4-8-12)13(15)14-9-5-6-10-14/h2-10H,1H2. The highest BCUT2D eigenvalue weighted by atomic mass is 16.2. The maximum absolute atomic E-state index is 11.9. The van der Waals surface area contributed by atoms with Crippen molar-refractivity contribution in [3.05, 3.63) is 67.0 Å². The normalized spacial score (nSPS) is 9.87. The van der Waals surface area contributed by atoms with Crippen molar-refractivity contribution in [3.8, 4) is 0 Å². The minimum absolute atomic E-state index is 0.0915. The van der Waals surface area contributed by atoms with Crippen LogP contribution in [0.25, 0.3) is 5.57 Å². The van der Waals surface area contributed by atoms with Gasteiger partial charge in [0.05, 0.1) is 0 Å². The highest BCUT2D eigenvalue weighted by Gasteiger charge is 2.09. The van der Waals surface area contributed by atoms with Crippen LogP contribution in [0.1, 0.15) is 10.4 Å². The van der Waals surface area contributed by atoms with Crippen molar-refractivity contribution in [2.45, 2.75) is 0 Å². The van der Waals surface area contributed by atoms with Gasteiger partial charge in [0, 0.05) is 18.0 Å². The van der Waals surface area contributed by atoms with Gasteiger partial charge in [-0.15, -0.1) is 0 Å². The molecule has 0 radical (unpaired) electrons. The van der Waals surface area contributed by atoms with E-state index < -0.39 is 0 Å². The minimum Gasteiger partial charge on any atom is -0.291 e. The minimum atomic E-state index is -0.0915. The summed E-state index contributed by atoms with van der Waals surface area (Å²) in [6.45, 7) is 3.81. The second-order valence-electron chi connectivity index (χ2n) is 3.24. The lowest BCUT2D eigenvalue weighted by Gasteiger charge is -2.05. The van der Waals surface area contributed by atoms with Crippen LogP contribution in [-0.4, -0.2) is 10.5 Å². The first kappa shape index (κ1) is 9.46. The van der Waals surface area contributed by atoms with E-state index in [1.807, 2.05) is 42.5 Å². The SMILES string of the molecule is C=C(C(=O)n1cccc1)c1ccccc1. The van der Waals surface area contributed by atoms with Crippen molar-refractivity contribution < 1.29 is 4.79 Å². The van der Waals surface area contributed by atoms with E-state index in [0.29, 0.717) is 5.57 Å². The van der Waals surface area contributed by atoms with Crippen molar-refractivity contribution >= 4 is 11.5 Å². The molecule has 0 N–H and O–H groups in total. The highest BCUT2D eigenvalue weighted by molar-refractivity contribution is 6.19. The smallest absolute Gasteiger partial charge is 0.261 e. The molecular formula is C13H11NO. The fraction of sp³-hybridized carbons (Fsp3) is 0. The lowest BCUT2D eigenvalue weighted by Crippen LogP contribution is -2.09. The maximum atomic E-state index is 11.9. The Morgan fingerprint density at radius 2 is 1.60 bits per heavy atom. The lowest BCUT2D eigenvalue weighted by molar-refractivity contribution is 0.0980. The number of hydrogen-bond donors (Lipinski definition) is 0. The molecule has 0 atom stereocenters. The quantitative estimate of drug-likeness (QED) is 0.678. The molecule has 0 saturated heterocycles. The third-order valence-electron chi connectivity index (χ3n) is 2.22. The van der Waals surface area contributed by atoms with Crippen LogP contribution in [0.2, 0.25) is 0 Å². The van der Waals surface area contributed by atoms with E-state index in [9.17, 15) is 4.79 Å². The second-order valence-corrected chi connectivity index (χ2v) is 3.24. The summed E-state index contributed by atoms with van der Waals surface area (Å²) in [6.07, 6.45) is 3.44. The molecular weight excluding hydrogens is 186 g/mol. The number of carbonyl (C=O) groups excluding carboxylic acids is 1. The molecule has 0 bridgehead atoms. The Morgan fingerprint density at radius 1 is 1.00 bits per heavy atom. The predicted molar refractivity (Wildman–Crippen MR) is 60.5 cm³/mol. The average Bonchev–Trinajstić information content (AvgIpc) is 2.82. The van der Waals surface area contributed by atoms with E-state index in [0.717, 1.165) is 5.56 Å². The maximum Gasteiger partial charge on any atom is 0.261 e. The van der Waals surface area contributed by atoms with Gasteiger partial charge in [-0.25, -0.2) is 0 Å². The molecule has 2 nitrogen and oxygen atoms in total. The first-order chi connectivity index (χ1) is 7.29. The average molecular weight is 197 g/mol. The molecule has 0 aliphatic heterocycles. The summed E-state index contributed by atoms with van der Waals surface area (Å²) in [5.41, 5.74) is 1.36. The fourth-order valence-electron chi connectivity index (χ4n) is 1.39. The lowest BCUT2D eigenvalue weighted by atomic mass is 10.1. The monoisotopic (exact) mass is 197 g/mol. The van der Waals surface area contributed by atoms with Gasteiger partial charge < -0.3 is 0 Å². The van der Waals surface area contributed by atoms with E-state index in [4.69, 9.17) is 0 Å². The van der Waals surface area contributed by atoms with E-state index in [2.05, 4.69) is 6.58 Å². The Morgan fingerprint density at radius 3 is 2.20 bits per heavy atom. The van der Waals surface area contributed by atoms with Crippen LogP contribution < -0.4 is 0 Å². The molecule has 0 fully saturated rings. The number of rotatable bonds is 2. The zero-order valence-corrected chi connectivity index (χ0v) is 8.26. The van der Waals surface area contributed by atoms with Gasteiger partial charge in [0.2, 0.25) is 0 Å². The third-order valence-corrected chi connectivity index (χ3v) is 2.22. The van der Waals surface area contributed by atoms with Crippen LogP contribution >= 0.6 is 0 Å². The van der Waals surface area contributed by atoms with Gasteiger partial charge >= 0.3 is 0 Å². The molecule has 2 heteroatoms. The van der Waals surface area contributed by atoms with Crippen molar-refractivity contribution in [1.82, 2.24) is 4.57 Å². The molecule has 74 valence electrons. The van der Waals surface area contributed by atoms with Crippen molar-refractivity contribution in [3.63, 3.8) is 0 Å². The van der Waals surface area contributed by atoms with Crippen molar-refractivity contribution in [2.75, 3.05) is 0 Å². The van der Waals surface area contributed by atoms with Gasteiger partial charge in [0.15, 0.2) is 0 Å². The molecule has 0 saturated carbocycles. The van der Waals surface area contributed by atoms with Crippen molar-refractivity contribution in [1.29, 1.82) is 0 Å². The zero-order chi connectivity index (χ0) is 10.7. The molecule has 0 spiro atoms. The Hall–Kier alpha value is -2.09. The summed E-state index contributed by atoms with van der Waals surface area (Å²) in [6, 6.07) is 13.1. The number of hydrogen-bond acceptors (Lipinski definition) is 1. The first-order valence-corrected chi connectivity index (χ1v) is 4.71. The molecule has 0 aliphatic carbocycles. The molecule has 1 aromatic heterocycles. The summed E-state index contributed by atoms with van der Waals surface area (Å²) in [7, 11) is 0. The van der Waals surface area contributed by atoms with Crippen LogP contribution in [-0.2, 0) is 0 Å². The molecule has 0 aliphatic rings. The van der Waals surface area contributed by atoms with E-state index in [-0.39, 0.29) is 5.91 Å². The number of allylic oxidation sites excluding steroid dienone is 1. The Bertz CT molecular complexity index is 469. The van der Waals surface area contributed by atoms with E-state index in [1.54, 1.807) is 12.4 Å². The van der Waals surface area contributed by atoms with Gasteiger partial charge in [-0.2, -0.15) is 0 Å². The Balaban J connectivity index is 2.27. The van der Waals surface area contributed by atoms with Gasteiger partial charge in [-0.3, -0.25) is 9.36 Å². The number of carbonyl (C=O) groups is 1. The van der Waals surface area contributed by atoms with Crippen LogP contribution in [0.3, 0.4) is 0 Å². The predicted octanol–water partition coefficient (Wildman–Crippen LogP) is 2.84. The summed E-state index contributed by atoms with van der Waals surface area (Å²) in [5, 5.41) is 0. The molecule has 15 heavy (non-hydrogen) atoms. The number of nitrogens with zero attached hydrogens (tertiary/aromatic N) is 1. The first-order valence-electron chi connectivity index (χ1n) is 4.71. The Kier molecular flexibility index (Phi) is 2.50. The fourth-order valence-corrected chi connectivity index (χ4v) is 1.39.